The Morgan fingerprint density at radius 1 is 1.06 bits per heavy atom. The Labute approximate surface area is 106 Å². The summed E-state index contributed by atoms with van der Waals surface area (Å²) in [7, 11) is 0. The van der Waals surface area contributed by atoms with Crippen LogP contribution in [0.1, 0.15) is 25.1 Å². The first kappa shape index (κ1) is 12.5. The maximum absolute atomic E-state index is 13.7. The molecule has 2 aromatic rings. The van der Waals surface area contributed by atoms with E-state index in [0.717, 1.165) is 11.4 Å². The van der Waals surface area contributed by atoms with Crippen molar-refractivity contribution in [1.29, 1.82) is 0 Å². The molecule has 0 saturated heterocycles. The molecule has 0 aliphatic rings. The van der Waals surface area contributed by atoms with Crippen LogP contribution in [0.15, 0.2) is 36.7 Å². The van der Waals surface area contributed by atoms with Crippen LogP contribution in [-0.2, 0) is 5.67 Å². The number of benzene rings is 1. The molecule has 0 bridgehead atoms. The van der Waals surface area contributed by atoms with Gasteiger partial charge in [-0.1, -0.05) is 12.1 Å². The number of rotatable bonds is 3. The van der Waals surface area contributed by atoms with Crippen molar-refractivity contribution in [1.82, 2.24) is 9.97 Å². The summed E-state index contributed by atoms with van der Waals surface area (Å²) >= 11 is 0. The van der Waals surface area contributed by atoms with Crippen molar-refractivity contribution in [2.45, 2.75) is 26.4 Å². The third kappa shape index (κ3) is 2.83. The summed E-state index contributed by atoms with van der Waals surface area (Å²) in [5, 5.41) is 3.15. The second-order valence-electron chi connectivity index (χ2n) is 4.67. The Kier molecular flexibility index (Phi) is 3.28. The van der Waals surface area contributed by atoms with Crippen LogP contribution in [0.25, 0.3) is 0 Å². The number of hydrogen-bond acceptors (Lipinski definition) is 3. The highest BCUT2D eigenvalue weighted by atomic mass is 19.1. The van der Waals surface area contributed by atoms with Crippen molar-refractivity contribution in [2.75, 3.05) is 5.32 Å². The van der Waals surface area contributed by atoms with Gasteiger partial charge in [-0.05, 0) is 38.5 Å². The van der Waals surface area contributed by atoms with Gasteiger partial charge in [0, 0.05) is 18.1 Å². The number of anilines is 2. The standard InChI is InChI=1S/C14H16FN3/c1-10-13(17-9-8-16-10)18-12-6-4-11(5-7-12)14(2,3)15/h4-9H,1-3H3,(H,17,18). The van der Waals surface area contributed by atoms with Gasteiger partial charge in [-0.2, -0.15) is 0 Å². The van der Waals surface area contributed by atoms with Crippen LogP contribution in [0, 0.1) is 6.92 Å². The Balaban J connectivity index is 2.19. The van der Waals surface area contributed by atoms with E-state index in [1.54, 1.807) is 38.4 Å². The van der Waals surface area contributed by atoms with E-state index in [1.165, 1.54) is 0 Å². The van der Waals surface area contributed by atoms with Crippen LogP contribution in [0.2, 0.25) is 0 Å². The quantitative estimate of drug-likeness (QED) is 0.895. The SMILES string of the molecule is Cc1nccnc1Nc1ccc(C(C)(C)F)cc1. The lowest BCUT2D eigenvalue weighted by molar-refractivity contribution is 0.221. The largest absolute Gasteiger partial charge is 0.339 e. The zero-order valence-electron chi connectivity index (χ0n) is 10.7. The predicted octanol–water partition coefficient (Wildman–Crippen LogP) is 3.73. The second-order valence-corrected chi connectivity index (χ2v) is 4.67. The first-order valence-electron chi connectivity index (χ1n) is 5.81. The molecule has 1 heterocycles. The highest BCUT2D eigenvalue weighted by Gasteiger charge is 2.17. The molecule has 0 unspecified atom stereocenters. The molecule has 18 heavy (non-hydrogen) atoms. The van der Waals surface area contributed by atoms with Gasteiger partial charge < -0.3 is 5.32 Å². The normalized spacial score (nSPS) is 11.3. The minimum atomic E-state index is -1.32. The lowest BCUT2D eigenvalue weighted by Crippen LogP contribution is -2.08. The molecule has 1 aromatic heterocycles. The van der Waals surface area contributed by atoms with Gasteiger partial charge in [0.1, 0.15) is 5.67 Å². The van der Waals surface area contributed by atoms with Gasteiger partial charge >= 0.3 is 0 Å². The van der Waals surface area contributed by atoms with Gasteiger partial charge in [0.25, 0.3) is 0 Å². The van der Waals surface area contributed by atoms with Gasteiger partial charge in [-0.15, -0.1) is 0 Å². The van der Waals surface area contributed by atoms with E-state index in [2.05, 4.69) is 15.3 Å². The molecule has 0 spiro atoms. The molecule has 2 rings (SSSR count). The number of aryl methyl sites for hydroxylation is 1. The van der Waals surface area contributed by atoms with Crippen molar-refractivity contribution < 1.29 is 4.39 Å². The molecule has 0 fully saturated rings. The molecule has 0 saturated carbocycles. The average Bonchev–Trinajstić information content (AvgIpc) is 2.32. The second kappa shape index (κ2) is 4.72. The fraction of sp³-hybridized carbons (Fsp3) is 0.286. The zero-order valence-corrected chi connectivity index (χ0v) is 10.7. The summed E-state index contributed by atoms with van der Waals surface area (Å²) in [4.78, 5) is 8.34. The summed E-state index contributed by atoms with van der Waals surface area (Å²) in [5.74, 6) is 0.713. The third-order valence-electron chi connectivity index (χ3n) is 2.72. The molecule has 3 nitrogen and oxygen atoms in total. The first-order chi connectivity index (χ1) is 8.47. The van der Waals surface area contributed by atoms with Crippen molar-refractivity contribution in [3.05, 3.63) is 47.9 Å². The highest BCUT2D eigenvalue weighted by Crippen LogP contribution is 2.26. The summed E-state index contributed by atoms with van der Waals surface area (Å²) in [6.45, 7) is 4.97. The first-order valence-corrected chi connectivity index (χ1v) is 5.81. The topological polar surface area (TPSA) is 37.8 Å². The molecule has 1 aromatic carbocycles. The summed E-state index contributed by atoms with van der Waals surface area (Å²) in [5.41, 5.74) is 1.03. The minimum absolute atomic E-state index is 0.656. The monoisotopic (exact) mass is 245 g/mol. The molecule has 94 valence electrons. The summed E-state index contributed by atoms with van der Waals surface area (Å²) < 4.78 is 13.7. The molecular formula is C14H16FN3. The van der Waals surface area contributed by atoms with Gasteiger partial charge in [-0.3, -0.25) is 4.98 Å². The number of alkyl halides is 1. The van der Waals surface area contributed by atoms with E-state index in [4.69, 9.17) is 0 Å². The van der Waals surface area contributed by atoms with Crippen molar-refractivity contribution in [3.63, 3.8) is 0 Å². The van der Waals surface area contributed by atoms with Gasteiger partial charge in [0.2, 0.25) is 0 Å². The van der Waals surface area contributed by atoms with Crippen molar-refractivity contribution in [2.24, 2.45) is 0 Å². The zero-order chi connectivity index (χ0) is 13.2. The smallest absolute Gasteiger partial charge is 0.151 e. The lowest BCUT2D eigenvalue weighted by Gasteiger charge is -2.15. The van der Waals surface area contributed by atoms with E-state index in [-0.39, 0.29) is 0 Å². The number of halogens is 1. The van der Waals surface area contributed by atoms with E-state index in [0.29, 0.717) is 11.4 Å². The molecule has 0 amide bonds. The van der Waals surface area contributed by atoms with E-state index in [1.807, 2.05) is 19.1 Å². The number of hydrogen-bond donors (Lipinski definition) is 1. The van der Waals surface area contributed by atoms with Gasteiger partial charge in [0.15, 0.2) is 5.82 Å². The van der Waals surface area contributed by atoms with Crippen LogP contribution in [-0.4, -0.2) is 9.97 Å². The van der Waals surface area contributed by atoms with Crippen molar-refractivity contribution in [3.8, 4) is 0 Å². The number of aromatic nitrogens is 2. The van der Waals surface area contributed by atoms with Crippen LogP contribution in [0.3, 0.4) is 0 Å². The minimum Gasteiger partial charge on any atom is -0.339 e. The Bertz CT molecular complexity index is 529. The molecule has 0 aliphatic carbocycles. The fourth-order valence-corrected chi connectivity index (χ4v) is 1.62. The van der Waals surface area contributed by atoms with Crippen LogP contribution in [0.4, 0.5) is 15.9 Å². The molecule has 0 radical (unpaired) electrons. The number of nitrogens with one attached hydrogen (secondary N) is 1. The number of nitrogens with zero attached hydrogens (tertiary/aromatic N) is 2. The highest BCUT2D eigenvalue weighted by molar-refractivity contribution is 5.58. The maximum Gasteiger partial charge on any atom is 0.151 e. The lowest BCUT2D eigenvalue weighted by atomic mass is 10.0. The predicted molar refractivity (Wildman–Crippen MR) is 70.6 cm³/mol. The van der Waals surface area contributed by atoms with Crippen LogP contribution < -0.4 is 5.32 Å². The Morgan fingerprint density at radius 3 is 2.22 bits per heavy atom. The summed E-state index contributed by atoms with van der Waals surface area (Å²) in [6, 6.07) is 7.22. The fourth-order valence-electron chi connectivity index (χ4n) is 1.62. The molecule has 4 heteroatoms. The van der Waals surface area contributed by atoms with Crippen LogP contribution in [0.5, 0.6) is 0 Å². The van der Waals surface area contributed by atoms with E-state index >= 15 is 0 Å². The van der Waals surface area contributed by atoms with Gasteiger partial charge in [0.05, 0.1) is 5.69 Å². The van der Waals surface area contributed by atoms with Gasteiger partial charge in [-0.25, -0.2) is 9.37 Å². The Morgan fingerprint density at radius 2 is 1.67 bits per heavy atom. The average molecular weight is 245 g/mol. The molecular weight excluding hydrogens is 229 g/mol. The summed E-state index contributed by atoms with van der Waals surface area (Å²) in [6.07, 6.45) is 3.28. The molecule has 1 N–H and O–H groups in total. The Hall–Kier alpha value is -1.97. The van der Waals surface area contributed by atoms with E-state index < -0.39 is 5.67 Å². The molecule has 0 atom stereocenters. The third-order valence-corrected chi connectivity index (χ3v) is 2.72. The molecule has 0 aliphatic heterocycles. The van der Waals surface area contributed by atoms with E-state index in [9.17, 15) is 4.39 Å². The maximum atomic E-state index is 13.7. The van der Waals surface area contributed by atoms with Crippen LogP contribution >= 0.6 is 0 Å². The van der Waals surface area contributed by atoms with Crippen molar-refractivity contribution >= 4 is 11.5 Å².